The smallest absolute Gasteiger partial charge is 0.161 e. The van der Waals surface area contributed by atoms with Crippen LogP contribution in [0.25, 0.3) is 0 Å². The maximum absolute atomic E-state index is 11.3. The van der Waals surface area contributed by atoms with Gasteiger partial charge in [0.1, 0.15) is 0 Å². The molecule has 1 heterocycles. The number of aliphatic hydroxyl groups excluding tert-OH is 1. The lowest BCUT2D eigenvalue weighted by Gasteiger charge is -2.25. The van der Waals surface area contributed by atoms with Crippen LogP contribution < -0.4 is 10.6 Å². The molecule has 1 atom stereocenters. The van der Waals surface area contributed by atoms with Crippen molar-refractivity contribution in [2.24, 2.45) is 0 Å². The lowest BCUT2D eigenvalue weighted by atomic mass is 10.1. The van der Waals surface area contributed by atoms with E-state index in [4.69, 9.17) is 5.73 Å². The fraction of sp³-hybridized carbons (Fsp3) is 0.462. The van der Waals surface area contributed by atoms with Crippen molar-refractivity contribution in [1.29, 1.82) is 0 Å². The number of ketones is 1. The molecule has 4 nitrogen and oxygen atoms in total. The van der Waals surface area contributed by atoms with E-state index in [0.29, 0.717) is 11.3 Å². The fourth-order valence-corrected chi connectivity index (χ4v) is 2.41. The number of anilines is 2. The monoisotopic (exact) mass is 234 g/mol. The number of hydrogen-bond acceptors (Lipinski definition) is 4. The van der Waals surface area contributed by atoms with Gasteiger partial charge in [0.15, 0.2) is 5.78 Å². The molecule has 2 rings (SSSR count). The number of carbonyl (C=O) groups excluding carboxylic acids is 1. The Labute approximate surface area is 101 Å². The lowest BCUT2D eigenvalue weighted by Crippen LogP contribution is -2.32. The molecule has 1 fully saturated rings. The fourth-order valence-electron chi connectivity index (χ4n) is 2.41. The molecule has 4 heteroatoms. The number of nitrogen functional groups attached to an aromatic ring is 1. The Hall–Kier alpha value is -1.55. The summed E-state index contributed by atoms with van der Waals surface area (Å²) in [4.78, 5) is 13.4. The van der Waals surface area contributed by atoms with Gasteiger partial charge >= 0.3 is 0 Å². The highest BCUT2D eigenvalue weighted by molar-refractivity contribution is 5.99. The normalized spacial score (nSPS) is 19.6. The largest absolute Gasteiger partial charge is 0.398 e. The van der Waals surface area contributed by atoms with Crippen LogP contribution in [0.2, 0.25) is 0 Å². The van der Waals surface area contributed by atoms with Gasteiger partial charge in [0.2, 0.25) is 0 Å². The predicted octanol–water partition coefficient (Wildman–Crippen LogP) is 1.43. The van der Waals surface area contributed by atoms with Gasteiger partial charge in [0, 0.05) is 23.5 Å². The Balaban J connectivity index is 2.28. The molecule has 1 aromatic rings. The van der Waals surface area contributed by atoms with Crippen molar-refractivity contribution < 1.29 is 9.90 Å². The van der Waals surface area contributed by atoms with Gasteiger partial charge in [-0.2, -0.15) is 0 Å². The molecule has 0 bridgehead atoms. The highest BCUT2D eigenvalue weighted by Crippen LogP contribution is 2.28. The summed E-state index contributed by atoms with van der Waals surface area (Å²) in [5.74, 6) is -0.0193. The maximum Gasteiger partial charge on any atom is 0.161 e. The zero-order chi connectivity index (χ0) is 12.4. The summed E-state index contributed by atoms with van der Waals surface area (Å²) in [5, 5.41) is 9.28. The van der Waals surface area contributed by atoms with Gasteiger partial charge in [-0.15, -0.1) is 0 Å². The predicted molar refractivity (Wildman–Crippen MR) is 68.3 cm³/mol. The van der Waals surface area contributed by atoms with Gasteiger partial charge in [-0.1, -0.05) is 0 Å². The molecule has 0 amide bonds. The first-order valence-electron chi connectivity index (χ1n) is 5.91. The van der Waals surface area contributed by atoms with Crippen LogP contribution in [0.4, 0.5) is 11.4 Å². The van der Waals surface area contributed by atoms with Crippen molar-refractivity contribution in [2.75, 3.05) is 23.8 Å². The molecule has 1 saturated heterocycles. The average molecular weight is 234 g/mol. The van der Waals surface area contributed by atoms with Crippen LogP contribution in [-0.2, 0) is 0 Å². The second-order valence-electron chi connectivity index (χ2n) is 4.50. The molecule has 1 aliphatic heterocycles. The minimum Gasteiger partial charge on any atom is -0.398 e. The molecular weight excluding hydrogens is 216 g/mol. The SMILES string of the molecule is CC(=O)c1ccc(N2CCCC2CO)cc1N. The van der Waals surface area contributed by atoms with E-state index in [0.717, 1.165) is 25.1 Å². The van der Waals surface area contributed by atoms with E-state index in [2.05, 4.69) is 4.90 Å². The third kappa shape index (κ3) is 2.26. The molecule has 0 aliphatic carbocycles. The zero-order valence-electron chi connectivity index (χ0n) is 10.0. The van der Waals surface area contributed by atoms with E-state index in [1.807, 2.05) is 12.1 Å². The minimum atomic E-state index is -0.0193. The van der Waals surface area contributed by atoms with Crippen molar-refractivity contribution in [2.45, 2.75) is 25.8 Å². The topological polar surface area (TPSA) is 66.6 Å². The molecule has 3 N–H and O–H groups in total. The Bertz CT molecular complexity index is 431. The van der Waals surface area contributed by atoms with Crippen LogP contribution in [0.1, 0.15) is 30.1 Å². The van der Waals surface area contributed by atoms with Crippen LogP contribution in [0.3, 0.4) is 0 Å². The molecule has 0 aromatic heterocycles. The number of rotatable bonds is 3. The van der Waals surface area contributed by atoms with E-state index < -0.39 is 0 Å². The summed E-state index contributed by atoms with van der Waals surface area (Å²) >= 11 is 0. The van der Waals surface area contributed by atoms with Crippen molar-refractivity contribution in [3.63, 3.8) is 0 Å². The number of nitrogens with zero attached hydrogens (tertiary/aromatic N) is 1. The van der Waals surface area contributed by atoms with Gasteiger partial charge < -0.3 is 15.7 Å². The molecule has 92 valence electrons. The number of aliphatic hydroxyl groups is 1. The number of hydrogen-bond donors (Lipinski definition) is 2. The summed E-state index contributed by atoms with van der Waals surface area (Å²) in [6, 6.07) is 5.67. The highest BCUT2D eigenvalue weighted by atomic mass is 16.3. The van der Waals surface area contributed by atoms with Gasteiger partial charge in [0.05, 0.1) is 12.6 Å². The standard InChI is InChI=1S/C13H18N2O2/c1-9(17)12-5-4-10(7-13(12)14)15-6-2-3-11(15)8-16/h4-5,7,11,16H,2-3,6,8,14H2,1H3. The Kier molecular flexibility index (Phi) is 3.33. The van der Waals surface area contributed by atoms with E-state index in [-0.39, 0.29) is 18.4 Å². The number of benzene rings is 1. The molecule has 17 heavy (non-hydrogen) atoms. The van der Waals surface area contributed by atoms with Crippen LogP contribution in [0.15, 0.2) is 18.2 Å². The second kappa shape index (κ2) is 4.75. The molecule has 0 spiro atoms. The summed E-state index contributed by atoms with van der Waals surface area (Å²) in [6.07, 6.45) is 2.09. The Morgan fingerprint density at radius 1 is 1.59 bits per heavy atom. The van der Waals surface area contributed by atoms with E-state index in [1.165, 1.54) is 6.92 Å². The summed E-state index contributed by atoms with van der Waals surface area (Å²) < 4.78 is 0. The van der Waals surface area contributed by atoms with Crippen molar-refractivity contribution in [3.05, 3.63) is 23.8 Å². The average Bonchev–Trinajstić information content (AvgIpc) is 2.76. The van der Waals surface area contributed by atoms with Crippen molar-refractivity contribution in [3.8, 4) is 0 Å². The molecule has 1 aromatic carbocycles. The van der Waals surface area contributed by atoms with E-state index in [9.17, 15) is 9.90 Å². The maximum atomic E-state index is 11.3. The first-order chi connectivity index (χ1) is 8.13. The van der Waals surface area contributed by atoms with Crippen LogP contribution in [0, 0.1) is 0 Å². The van der Waals surface area contributed by atoms with Gasteiger partial charge in [-0.05, 0) is 38.0 Å². The zero-order valence-corrected chi connectivity index (χ0v) is 10.0. The molecule has 1 aliphatic rings. The number of carbonyl (C=O) groups is 1. The number of Topliss-reactive ketones (excluding diaryl/α,β-unsaturated/α-hetero) is 1. The molecule has 1 unspecified atom stereocenters. The van der Waals surface area contributed by atoms with Gasteiger partial charge in [0.25, 0.3) is 0 Å². The molecular formula is C13H18N2O2. The molecule has 0 saturated carbocycles. The molecule has 0 radical (unpaired) electrons. The Morgan fingerprint density at radius 3 is 2.94 bits per heavy atom. The summed E-state index contributed by atoms with van der Waals surface area (Å²) in [7, 11) is 0. The third-order valence-corrected chi connectivity index (χ3v) is 3.33. The third-order valence-electron chi connectivity index (χ3n) is 3.33. The first kappa shape index (κ1) is 11.9. The lowest BCUT2D eigenvalue weighted by molar-refractivity contribution is 0.101. The van der Waals surface area contributed by atoms with Gasteiger partial charge in [-0.25, -0.2) is 0 Å². The summed E-state index contributed by atoms with van der Waals surface area (Å²) in [6.45, 7) is 2.61. The van der Waals surface area contributed by atoms with E-state index >= 15 is 0 Å². The van der Waals surface area contributed by atoms with E-state index in [1.54, 1.807) is 6.07 Å². The Morgan fingerprint density at radius 2 is 2.35 bits per heavy atom. The quantitative estimate of drug-likeness (QED) is 0.613. The summed E-state index contributed by atoms with van der Waals surface area (Å²) in [5.41, 5.74) is 7.93. The van der Waals surface area contributed by atoms with Crippen LogP contribution in [-0.4, -0.2) is 30.1 Å². The number of nitrogens with two attached hydrogens (primary N) is 1. The highest BCUT2D eigenvalue weighted by Gasteiger charge is 2.24. The van der Waals surface area contributed by atoms with Crippen molar-refractivity contribution >= 4 is 17.2 Å². The van der Waals surface area contributed by atoms with Crippen molar-refractivity contribution in [1.82, 2.24) is 0 Å². The second-order valence-corrected chi connectivity index (χ2v) is 4.50. The van der Waals surface area contributed by atoms with Crippen LogP contribution in [0.5, 0.6) is 0 Å². The van der Waals surface area contributed by atoms with Crippen LogP contribution >= 0.6 is 0 Å². The minimum absolute atomic E-state index is 0.0193. The first-order valence-corrected chi connectivity index (χ1v) is 5.91. The van der Waals surface area contributed by atoms with Gasteiger partial charge in [-0.3, -0.25) is 4.79 Å².